The van der Waals surface area contributed by atoms with Crippen LogP contribution in [0.2, 0.25) is 0 Å². The van der Waals surface area contributed by atoms with E-state index in [1.807, 2.05) is 6.07 Å². The number of rotatable bonds is 18. The topological polar surface area (TPSA) is 52.9 Å². The minimum atomic E-state index is -0.376. The molecular weight excluding hydrogens is 372 g/mol. The van der Waals surface area contributed by atoms with Crippen molar-refractivity contribution in [3.8, 4) is 6.07 Å². The first-order valence-corrected chi connectivity index (χ1v) is 11.8. The Hall–Kier alpha value is -0.600. The van der Waals surface area contributed by atoms with Crippen molar-refractivity contribution in [3.63, 3.8) is 0 Å². The van der Waals surface area contributed by atoms with Gasteiger partial charge < -0.3 is 5.32 Å². The van der Waals surface area contributed by atoms with E-state index in [4.69, 9.17) is 5.26 Å². The average Bonchev–Trinajstić information content (AvgIpc) is 2.64. The highest BCUT2D eigenvalue weighted by molar-refractivity contribution is 8.05. The van der Waals surface area contributed by atoms with Gasteiger partial charge in [0.25, 0.3) is 5.91 Å². The quantitative estimate of drug-likeness (QED) is 0.0986. The zero-order valence-corrected chi connectivity index (χ0v) is 19.1. The zero-order chi connectivity index (χ0) is 20.2. The molecule has 0 unspecified atom stereocenters. The number of thiol groups is 2. The highest BCUT2D eigenvalue weighted by Crippen LogP contribution is 2.14. The molecule has 0 radical (unpaired) electrons. The third-order valence-electron chi connectivity index (χ3n) is 4.88. The Balaban J connectivity index is 3.27. The van der Waals surface area contributed by atoms with E-state index in [1.54, 1.807) is 0 Å². The standard InChI is InChI=1S/C22H40N2OS2/c1-2-3-4-5-6-7-8-9-10-11-12-13-14-15-16-17-18-24-21(25)20(19-23)22(26)27/h26-27H,2-18H2,1H3,(H,24,25). The van der Waals surface area contributed by atoms with Gasteiger partial charge in [-0.15, -0.1) is 25.3 Å². The Morgan fingerprint density at radius 3 is 1.44 bits per heavy atom. The maximum Gasteiger partial charge on any atom is 0.263 e. The first-order valence-electron chi connectivity index (χ1n) is 10.9. The Labute approximate surface area is 178 Å². The number of unbranched alkanes of at least 4 members (excludes halogenated alkanes) is 15. The van der Waals surface area contributed by atoms with Crippen molar-refractivity contribution in [1.29, 1.82) is 5.26 Å². The summed E-state index contributed by atoms with van der Waals surface area (Å²) in [6.07, 6.45) is 21.3. The van der Waals surface area contributed by atoms with Gasteiger partial charge in [-0.3, -0.25) is 4.79 Å². The van der Waals surface area contributed by atoms with Gasteiger partial charge in [-0.1, -0.05) is 103 Å². The molecule has 0 aromatic heterocycles. The summed E-state index contributed by atoms with van der Waals surface area (Å²) < 4.78 is 0.168. The van der Waals surface area contributed by atoms with E-state index in [-0.39, 0.29) is 15.7 Å². The molecule has 0 aliphatic heterocycles. The maximum absolute atomic E-state index is 11.7. The predicted octanol–water partition coefficient (Wildman–Crippen LogP) is 6.96. The molecule has 0 aromatic carbocycles. The van der Waals surface area contributed by atoms with Crippen LogP contribution in [0.4, 0.5) is 0 Å². The second-order valence-corrected chi connectivity index (χ2v) is 8.62. The van der Waals surface area contributed by atoms with Crippen LogP contribution in [0.5, 0.6) is 0 Å². The maximum atomic E-state index is 11.7. The highest BCUT2D eigenvalue weighted by atomic mass is 32.2. The Kier molecular flexibility index (Phi) is 19.7. The van der Waals surface area contributed by atoms with Crippen LogP contribution < -0.4 is 5.32 Å². The van der Waals surface area contributed by atoms with E-state index in [0.29, 0.717) is 6.54 Å². The fraction of sp³-hybridized carbons (Fsp3) is 0.818. The minimum Gasteiger partial charge on any atom is -0.351 e. The summed E-state index contributed by atoms with van der Waals surface area (Å²) in [5, 5.41) is 11.6. The molecule has 0 spiro atoms. The molecule has 0 heterocycles. The molecule has 3 nitrogen and oxygen atoms in total. The van der Waals surface area contributed by atoms with Gasteiger partial charge in [0, 0.05) is 6.54 Å². The monoisotopic (exact) mass is 412 g/mol. The molecule has 0 atom stereocenters. The van der Waals surface area contributed by atoms with Crippen molar-refractivity contribution < 1.29 is 4.79 Å². The van der Waals surface area contributed by atoms with Crippen molar-refractivity contribution in [2.75, 3.05) is 6.54 Å². The van der Waals surface area contributed by atoms with E-state index < -0.39 is 0 Å². The van der Waals surface area contributed by atoms with Gasteiger partial charge in [0.15, 0.2) is 0 Å². The third-order valence-corrected chi connectivity index (χ3v) is 5.33. The number of hydrogen-bond donors (Lipinski definition) is 3. The second kappa shape index (κ2) is 20.1. The van der Waals surface area contributed by atoms with Gasteiger partial charge in [0.1, 0.15) is 11.6 Å². The Morgan fingerprint density at radius 2 is 1.11 bits per heavy atom. The van der Waals surface area contributed by atoms with Crippen LogP contribution >= 0.6 is 25.3 Å². The lowest BCUT2D eigenvalue weighted by molar-refractivity contribution is -0.117. The third kappa shape index (κ3) is 17.2. The van der Waals surface area contributed by atoms with Gasteiger partial charge in [-0.25, -0.2) is 0 Å². The lowest BCUT2D eigenvalue weighted by atomic mass is 10.0. The van der Waals surface area contributed by atoms with Crippen LogP contribution in [0.3, 0.4) is 0 Å². The summed E-state index contributed by atoms with van der Waals surface area (Å²) in [4.78, 5) is 11.7. The van der Waals surface area contributed by atoms with E-state index in [0.717, 1.165) is 12.8 Å². The molecule has 0 saturated carbocycles. The van der Waals surface area contributed by atoms with Gasteiger partial charge in [-0.2, -0.15) is 5.26 Å². The first-order chi connectivity index (χ1) is 13.1. The molecule has 0 aromatic rings. The van der Waals surface area contributed by atoms with Crippen molar-refractivity contribution in [2.24, 2.45) is 0 Å². The predicted molar refractivity (Wildman–Crippen MR) is 123 cm³/mol. The number of nitrogens with zero attached hydrogens (tertiary/aromatic N) is 1. The van der Waals surface area contributed by atoms with E-state index in [2.05, 4.69) is 37.5 Å². The van der Waals surface area contributed by atoms with Crippen molar-refractivity contribution in [2.45, 2.75) is 110 Å². The van der Waals surface area contributed by atoms with Gasteiger partial charge in [-0.05, 0) is 6.42 Å². The van der Waals surface area contributed by atoms with Crippen LogP contribution in [0.25, 0.3) is 0 Å². The Morgan fingerprint density at radius 1 is 0.741 bits per heavy atom. The van der Waals surface area contributed by atoms with Crippen molar-refractivity contribution >= 4 is 31.2 Å². The molecule has 1 amide bonds. The summed E-state index contributed by atoms with van der Waals surface area (Å²) in [5.74, 6) is -0.376. The summed E-state index contributed by atoms with van der Waals surface area (Å²) in [6.45, 7) is 2.88. The van der Waals surface area contributed by atoms with E-state index in [9.17, 15) is 4.79 Å². The highest BCUT2D eigenvalue weighted by Gasteiger charge is 2.10. The van der Waals surface area contributed by atoms with Crippen LogP contribution in [-0.4, -0.2) is 12.5 Å². The summed E-state index contributed by atoms with van der Waals surface area (Å²) in [7, 11) is 0. The fourth-order valence-corrected chi connectivity index (χ4v) is 3.47. The van der Waals surface area contributed by atoms with Gasteiger partial charge in [0.05, 0.1) is 4.24 Å². The number of nitrogens with one attached hydrogen (secondary N) is 1. The lowest BCUT2D eigenvalue weighted by Crippen LogP contribution is -2.25. The molecule has 1 N–H and O–H groups in total. The largest absolute Gasteiger partial charge is 0.351 e. The number of nitriles is 1. The molecule has 0 rings (SSSR count). The lowest BCUT2D eigenvalue weighted by Gasteiger charge is -2.05. The SMILES string of the molecule is CCCCCCCCCCCCCCCCCCNC(=O)C(C#N)=C(S)S. The van der Waals surface area contributed by atoms with Crippen molar-refractivity contribution in [1.82, 2.24) is 5.32 Å². The Bertz CT molecular complexity index is 440. The molecule has 0 fully saturated rings. The number of amides is 1. The fourth-order valence-electron chi connectivity index (χ4n) is 3.17. The van der Waals surface area contributed by atoms with Crippen LogP contribution in [-0.2, 0) is 4.79 Å². The molecule has 27 heavy (non-hydrogen) atoms. The molecule has 0 bridgehead atoms. The van der Waals surface area contributed by atoms with Gasteiger partial charge >= 0.3 is 0 Å². The average molecular weight is 413 g/mol. The smallest absolute Gasteiger partial charge is 0.263 e. The number of carbonyl (C=O) groups is 1. The van der Waals surface area contributed by atoms with Crippen LogP contribution in [0, 0.1) is 11.3 Å². The van der Waals surface area contributed by atoms with Crippen LogP contribution in [0.15, 0.2) is 9.81 Å². The summed E-state index contributed by atoms with van der Waals surface area (Å²) in [5.41, 5.74) is -0.0156. The number of hydrogen-bond acceptors (Lipinski definition) is 4. The zero-order valence-electron chi connectivity index (χ0n) is 17.3. The van der Waals surface area contributed by atoms with Crippen molar-refractivity contribution in [3.05, 3.63) is 9.81 Å². The molecule has 0 saturated heterocycles. The second-order valence-electron chi connectivity index (χ2n) is 7.37. The molecular formula is C22H40N2OS2. The van der Waals surface area contributed by atoms with E-state index in [1.165, 1.54) is 89.9 Å². The molecule has 0 aliphatic carbocycles. The summed E-state index contributed by atoms with van der Waals surface area (Å²) in [6, 6.07) is 1.82. The normalized spacial score (nSPS) is 10.4. The van der Waals surface area contributed by atoms with Crippen LogP contribution in [0.1, 0.15) is 110 Å². The number of carbonyl (C=O) groups excluding carboxylic acids is 1. The first kappa shape index (κ1) is 26.4. The molecule has 5 heteroatoms. The van der Waals surface area contributed by atoms with Gasteiger partial charge in [0.2, 0.25) is 0 Å². The van der Waals surface area contributed by atoms with E-state index >= 15 is 0 Å². The summed E-state index contributed by atoms with van der Waals surface area (Å²) >= 11 is 7.86. The molecule has 0 aliphatic rings. The molecule has 156 valence electrons. The minimum absolute atomic E-state index is 0.0156.